The van der Waals surface area contributed by atoms with Gasteiger partial charge in [0, 0.05) is 5.88 Å². The molecule has 1 atom stereocenters. The highest BCUT2D eigenvalue weighted by Gasteiger charge is 2.12. The van der Waals surface area contributed by atoms with Gasteiger partial charge in [0.25, 0.3) is 0 Å². The number of halogens is 1. The summed E-state index contributed by atoms with van der Waals surface area (Å²) >= 11 is 5.80. The third-order valence-electron chi connectivity index (χ3n) is 3.01. The van der Waals surface area contributed by atoms with Crippen molar-refractivity contribution in [1.82, 2.24) is 0 Å². The van der Waals surface area contributed by atoms with Crippen molar-refractivity contribution in [1.29, 1.82) is 0 Å². The van der Waals surface area contributed by atoms with Crippen molar-refractivity contribution >= 4 is 11.6 Å². The number of benzene rings is 1. The van der Waals surface area contributed by atoms with Crippen LogP contribution in [-0.2, 0) is 11.8 Å². The molecular formula is C15H23Cl. The van der Waals surface area contributed by atoms with Crippen molar-refractivity contribution in [2.75, 3.05) is 5.88 Å². The molecule has 90 valence electrons. The second-order valence-electron chi connectivity index (χ2n) is 5.75. The van der Waals surface area contributed by atoms with E-state index < -0.39 is 0 Å². The fraction of sp³-hybridized carbons (Fsp3) is 0.600. The summed E-state index contributed by atoms with van der Waals surface area (Å²) in [6, 6.07) is 9.00. The first-order valence-electron chi connectivity index (χ1n) is 6.09. The van der Waals surface area contributed by atoms with Gasteiger partial charge in [-0.05, 0) is 35.3 Å². The molecule has 1 heteroatoms. The standard InChI is InChI=1S/C15H23Cl/c1-12(11-16)5-6-13-7-9-14(10-8-13)15(2,3)4/h7-10,12H,5-6,11H2,1-4H3. The first kappa shape index (κ1) is 13.6. The molecule has 0 heterocycles. The maximum atomic E-state index is 5.80. The van der Waals surface area contributed by atoms with Crippen LogP contribution >= 0.6 is 11.6 Å². The number of hydrogen-bond donors (Lipinski definition) is 0. The summed E-state index contributed by atoms with van der Waals surface area (Å²) in [5.41, 5.74) is 3.08. The maximum absolute atomic E-state index is 5.80. The van der Waals surface area contributed by atoms with E-state index in [1.165, 1.54) is 17.5 Å². The molecule has 0 aliphatic heterocycles. The molecule has 0 bridgehead atoms. The van der Waals surface area contributed by atoms with Gasteiger partial charge in [0.15, 0.2) is 0 Å². The van der Waals surface area contributed by atoms with Gasteiger partial charge < -0.3 is 0 Å². The van der Waals surface area contributed by atoms with Crippen LogP contribution in [0.15, 0.2) is 24.3 Å². The van der Waals surface area contributed by atoms with Crippen molar-refractivity contribution in [3.8, 4) is 0 Å². The van der Waals surface area contributed by atoms with Crippen molar-refractivity contribution in [2.45, 2.75) is 46.0 Å². The Morgan fingerprint density at radius 3 is 2.12 bits per heavy atom. The summed E-state index contributed by atoms with van der Waals surface area (Å²) in [7, 11) is 0. The fourth-order valence-electron chi connectivity index (χ4n) is 1.66. The monoisotopic (exact) mass is 238 g/mol. The van der Waals surface area contributed by atoms with E-state index in [4.69, 9.17) is 11.6 Å². The molecule has 0 fully saturated rings. The van der Waals surface area contributed by atoms with Gasteiger partial charge in [0.05, 0.1) is 0 Å². The van der Waals surface area contributed by atoms with E-state index in [0.717, 1.165) is 12.3 Å². The van der Waals surface area contributed by atoms with E-state index in [9.17, 15) is 0 Å². The van der Waals surface area contributed by atoms with Gasteiger partial charge in [-0.25, -0.2) is 0 Å². The Balaban J connectivity index is 2.58. The highest BCUT2D eigenvalue weighted by molar-refractivity contribution is 6.18. The van der Waals surface area contributed by atoms with Crippen molar-refractivity contribution in [2.24, 2.45) is 5.92 Å². The van der Waals surface area contributed by atoms with Gasteiger partial charge in [0.2, 0.25) is 0 Å². The van der Waals surface area contributed by atoms with Crippen LogP contribution in [0, 0.1) is 5.92 Å². The van der Waals surface area contributed by atoms with Crippen LogP contribution in [0.1, 0.15) is 45.2 Å². The molecule has 16 heavy (non-hydrogen) atoms. The zero-order valence-corrected chi connectivity index (χ0v) is 11.6. The van der Waals surface area contributed by atoms with Gasteiger partial charge in [0.1, 0.15) is 0 Å². The molecule has 0 nitrogen and oxygen atoms in total. The van der Waals surface area contributed by atoms with Crippen LogP contribution < -0.4 is 0 Å². The molecule has 1 unspecified atom stereocenters. The number of rotatable bonds is 4. The van der Waals surface area contributed by atoms with Crippen molar-refractivity contribution in [3.05, 3.63) is 35.4 Å². The van der Waals surface area contributed by atoms with E-state index >= 15 is 0 Å². The average Bonchev–Trinajstić information content (AvgIpc) is 2.25. The zero-order chi connectivity index (χ0) is 12.2. The zero-order valence-electron chi connectivity index (χ0n) is 10.9. The molecule has 1 aromatic rings. The van der Waals surface area contributed by atoms with Crippen molar-refractivity contribution in [3.63, 3.8) is 0 Å². The molecule has 0 aliphatic rings. The third-order valence-corrected chi connectivity index (χ3v) is 3.54. The van der Waals surface area contributed by atoms with Crippen LogP contribution in [-0.4, -0.2) is 5.88 Å². The summed E-state index contributed by atoms with van der Waals surface area (Å²) in [4.78, 5) is 0. The number of hydrogen-bond acceptors (Lipinski definition) is 0. The number of alkyl halides is 1. The minimum atomic E-state index is 0.252. The summed E-state index contributed by atoms with van der Waals surface area (Å²) in [6.07, 6.45) is 2.32. The van der Waals surface area contributed by atoms with Gasteiger partial charge in [-0.1, -0.05) is 52.0 Å². The molecule has 0 spiro atoms. The fourth-order valence-corrected chi connectivity index (χ4v) is 1.82. The normalized spacial score (nSPS) is 13.8. The smallest absolute Gasteiger partial charge is 0.0249 e. The highest BCUT2D eigenvalue weighted by atomic mass is 35.5. The predicted octanol–water partition coefficient (Wildman–Crippen LogP) is 4.79. The Kier molecular flexibility index (Phi) is 4.86. The molecule has 0 saturated heterocycles. The van der Waals surface area contributed by atoms with Crippen LogP contribution in [0.5, 0.6) is 0 Å². The quantitative estimate of drug-likeness (QED) is 0.662. The molecule has 0 aliphatic carbocycles. The Hall–Kier alpha value is -0.490. The van der Waals surface area contributed by atoms with Gasteiger partial charge >= 0.3 is 0 Å². The second-order valence-corrected chi connectivity index (χ2v) is 6.05. The van der Waals surface area contributed by atoms with Gasteiger partial charge in [-0.2, -0.15) is 0 Å². The van der Waals surface area contributed by atoms with E-state index in [1.807, 2.05) is 0 Å². The van der Waals surface area contributed by atoms with E-state index in [-0.39, 0.29) is 5.41 Å². The summed E-state index contributed by atoms with van der Waals surface area (Å²) in [5, 5.41) is 0. The molecule has 0 aromatic heterocycles. The molecule has 1 rings (SSSR count). The summed E-state index contributed by atoms with van der Waals surface area (Å²) in [6.45, 7) is 8.95. The minimum absolute atomic E-state index is 0.252. The Morgan fingerprint density at radius 2 is 1.69 bits per heavy atom. The topological polar surface area (TPSA) is 0 Å². The molecular weight excluding hydrogens is 216 g/mol. The SMILES string of the molecule is CC(CCl)CCc1ccc(C(C)(C)C)cc1. The van der Waals surface area contributed by atoms with Crippen LogP contribution in [0.4, 0.5) is 0 Å². The minimum Gasteiger partial charge on any atom is -0.126 e. The molecule has 0 N–H and O–H groups in total. The first-order valence-corrected chi connectivity index (χ1v) is 6.62. The summed E-state index contributed by atoms with van der Waals surface area (Å²) < 4.78 is 0. The van der Waals surface area contributed by atoms with E-state index in [0.29, 0.717) is 5.92 Å². The average molecular weight is 239 g/mol. The lowest BCUT2D eigenvalue weighted by molar-refractivity contribution is 0.585. The highest BCUT2D eigenvalue weighted by Crippen LogP contribution is 2.22. The third kappa shape index (κ3) is 4.17. The summed E-state index contributed by atoms with van der Waals surface area (Å²) in [5.74, 6) is 1.38. The number of aryl methyl sites for hydroxylation is 1. The Morgan fingerprint density at radius 1 is 1.12 bits per heavy atom. The molecule has 0 saturated carbocycles. The van der Waals surface area contributed by atoms with Crippen LogP contribution in [0.3, 0.4) is 0 Å². The molecule has 0 radical (unpaired) electrons. The largest absolute Gasteiger partial charge is 0.126 e. The van der Waals surface area contributed by atoms with Gasteiger partial charge in [-0.3, -0.25) is 0 Å². The van der Waals surface area contributed by atoms with Gasteiger partial charge in [-0.15, -0.1) is 11.6 Å². The van der Waals surface area contributed by atoms with Crippen molar-refractivity contribution < 1.29 is 0 Å². The first-order chi connectivity index (χ1) is 7.43. The maximum Gasteiger partial charge on any atom is 0.0249 e. The lowest BCUT2D eigenvalue weighted by Crippen LogP contribution is -2.10. The van der Waals surface area contributed by atoms with Crippen LogP contribution in [0.25, 0.3) is 0 Å². The molecule has 1 aromatic carbocycles. The lowest BCUT2D eigenvalue weighted by atomic mass is 9.86. The molecule has 0 amide bonds. The second kappa shape index (κ2) is 5.72. The Labute approximate surface area is 105 Å². The lowest BCUT2D eigenvalue weighted by Gasteiger charge is -2.19. The van der Waals surface area contributed by atoms with E-state index in [2.05, 4.69) is 52.0 Å². The Bertz CT molecular complexity index is 305. The van der Waals surface area contributed by atoms with Crippen LogP contribution in [0.2, 0.25) is 0 Å². The predicted molar refractivity (Wildman–Crippen MR) is 73.3 cm³/mol. The van der Waals surface area contributed by atoms with E-state index in [1.54, 1.807) is 0 Å².